The number of amides is 1. The minimum Gasteiger partial charge on any atom is -0.465 e. The van der Waals surface area contributed by atoms with E-state index in [1.807, 2.05) is 55.5 Å². The zero-order valence-electron chi connectivity index (χ0n) is 20.4. The summed E-state index contributed by atoms with van der Waals surface area (Å²) in [7, 11) is 3.62. The highest BCUT2D eigenvalue weighted by Gasteiger charge is 2.39. The first-order valence-electron chi connectivity index (χ1n) is 12.0. The molecule has 0 radical (unpaired) electrons. The number of aromatic nitrogens is 5. The third-order valence-corrected chi connectivity index (χ3v) is 7.05. The van der Waals surface area contributed by atoms with Crippen LogP contribution in [0, 0.1) is 0 Å². The van der Waals surface area contributed by atoms with Crippen molar-refractivity contribution in [1.29, 1.82) is 0 Å². The van der Waals surface area contributed by atoms with E-state index in [2.05, 4.69) is 26.2 Å². The fraction of sp³-hybridized carbons (Fsp3) is 0.269. The molecule has 5 heterocycles. The zero-order valence-corrected chi connectivity index (χ0v) is 20.4. The van der Waals surface area contributed by atoms with E-state index in [-0.39, 0.29) is 6.04 Å². The van der Waals surface area contributed by atoms with Gasteiger partial charge in [-0.2, -0.15) is 0 Å². The van der Waals surface area contributed by atoms with Crippen molar-refractivity contribution in [2.45, 2.75) is 18.9 Å². The molecule has 0 saturated carbocycles. The van der Waals surface area contributed by atoms with Gasteiger partial charge in [0.05, 0.1) is 41.0 Å². The molecule has 1 saturated heterocycles. The Balaban J connectivity index is 1.44. The predicted octanol–water partition coefficient (Wildman–Crippen LogP) is 3.16. The normalized spacial score (nSPS) is 17.3. The number of hydrogen-bond acceptors (Lipinski definition) is 8. The fourth-order valence-corrected chi connectivity index (χ4v) is 5.22. The van der Waals surface area contributed by atoms with Crippen molar-refractivity contribution in [3.8, 4) is 22.5 Å². The Kier molecular flexibility index (Phi) is 5.35. The van der Waals surface area contributed by atoms with Crippen molar-refractivity contribution in [3.05, 3.63) is 54.7 Å². The molecule has 4 aromatic rings. The maximum absolute atomic E-state index is 12.1. The summed E-state index contributed by atoms with van der Waals surface area (Å²) in [5, 5.41) is 18.5. The monoisotopic (exact) mass is 496 g/mol. The number of aryl methyl sites for hydroxylation is 1. The van der Waals surface area contributed by atoms with E-state index < -0.39 is 6.09 Å². The number of carbonyl (C=O) groups excluding carboxylic acids is 1. The first-order chi connectivity index (χ1) is 17.9. The predicted molar refractivity (Wildman–Crippen MR) is 138 cm³/mol. The van der Waals surface area contributed by atoms with Gasteiger partial charge >= 0.3 is 6.09 Å². The number of benzene rings is 1. The zero-order chi connectivity index (χ0) is 25.7. The van der Waals surface area contributed by atoms with Crippen molar-refractivity contribution in [3.63, 3.8) is 0 Å². The third-order valence-electron chi connectivity index (χ3n) is 7.05. The van der Waals surface area contributed by atoms with E-state index in [1.54, 1.807) is 22.0 Å². The van der Waals surface area contributed by atoms with Crippen LogP contribution in [0.25, 0.3) is 33.4 Å². The standard InChI is InChI=1S/C26H24N8O3/c1-31-14-22(29-30-31)21-8-6-17(11-27-21)16-5-7-20-19(10-16)25-23(12-28-20)32(2)24(15-35)34(25)18-4-3-9-33(13-18)26(36)37/h5-8,10-12,14,18H,3-4,9,13H2,1-2H3,(H,36,37)/t18-/m1/s1. The number of rotatable bonds is 3. The molecule has 0 bridgehead atoms. The first kappa shape index (κ1) is 22.7. The van der Waals surface area contributed by atoms with E-state index in [4.69, 9.17) is 0 Å². The summed E-state index contributed by atoms with van der Waals surface area (Å²) in [6, 6.07) is 9.70. The summed E-state index contributed by atoms with van der Waals surface area (Å²) in [5.74, 6) is 2.45. The summed E-state index contributed by atoms with van der Waals surface area (Å²) in [5.41, 5.74) is 5.70. The second-order valence-electron chi connectivity index (χ2n) is 9.31. The van der Waals surface area contributed by atoms with Gasteiger partial charge in [0.2, 0.25) is 5.82 Å². The van der Waals surface area contributed by atoms with E-state index >= 15 is 0 Å². The van der Waals surface area contributed by atoms with Crippen molar-refractivity contribution < 1.29 is 14.7 Å². The number of carboxylic acid groups (broad SMARTS) is 1. The van der Waals surface area contributed by atoms with E-state index in [1.165, 1.54) is 4.90 Å². The molecule has 11 nitrogen and oxygen atoms in total. The molecule has 3 aromatic heterocycles. The highest BCUT2D eigenvalue weighted by Crippen LogP contribution is 2.46. The van der Waals surface area contributed by atoms with Gasteiger partial charge in [0.1, 0.15) is 5.69 Å². The minimum atomic E-state index is -0.951. The van der Waals surface area contributed by atoms with Crippen LogP contribution in [-0.2, 0) is 11.8 Å². The highest BCUT2D eigenvalue weighted by molar-refractivity contribution is 6.05. The molecule has 1 aromatic carbocycles. The van der Waals surface area contributed by atoms with Crippen LogP contribution in [0.4, 0.5) is 16.2 Å². The Morgan fingerprint density at radius 1 is 1.08 bits per heavy atom. The maximum Gasteiger partial charge on any atom is 0.407 e. The van der Waals surface area contributed by atoms with Crippen molar-refractivity contribution in [2.24, 2.45) is 7.05 Å². The maximum atomic E-state index is 12.1. The number of hydrogen-bond donors (Lipinski definition) is 1. The van der Waals surface area contributed by atoms with Crippen molar-refractivity contribution in [1.82, 2.24) is 29.9 Å². The molecule has 186 valence electrons. The quantitative estimate of drug-likeness (QED) is 0.426. The van der Waals surface area contributed by atoms with Crippen LogP contribution in [0.15, 0.2) is 54.7 Å². The lowest BCUT2D eigenvalue weighted by molar-refractivity contribution is 0.130. The molecular formula is C26H24N8O3. The lowest BCUT2D eigenvalue weighted by Gasteiger charge is -2.37. The van der Waals surface area contributed by atoms with Gasteiger partial charge in [-0.25, -0.2) is 9.59 Å². The smallest absolute Gasteiger partial charge is 0.407 e. The van der Waals surface area contributed by atoms with Crippen LogP contribution in [0.1, 0.15) is 12.8 Å². The second-order valence-corrected chi connectivity index (χ2v) is 9.31. The Hall–Kier alpha value is -4.76. The number of pyridine rings is 2. The number of fused-ring (bicyclic) bond motifs is 3. The van der Waals surface area contributed by atoms with Crippen LogP contribution >= 0.6 is 0 Å². The number of nitrogens with zero attached hydrogens (tertiary/aromatic N) is 8. The van der Waals surface area contributed by atoms with Gasteiger partial charge in [-0.15, -0.1) is 5.10 Å². The van der Waals surface area contributed by atoms with E-state index in [0.717, 1.165) is 51.9 Å². The first-order valence-corrected chi connectivity index (χ1v) is 12.0. The lowest BCUT2D eigenvalue weighted by atomic mass is 10.0. The number of anilines is 2. The van der Waals surface area contributed by atoms with Gasteiger partial charge in [0.25, 0.3) is 0 Å². The Labute approximate surface area is 212 Å². The lowest BCUT2D eigenvalue weighted by Crippen LogP contribution is -2.49. The average molecular weight is 497 g/mol. The highest BCUT2D eigenvalue weighted by atomic mass is 16.4. The van der Waals surface area contributed by atoms with Gasteiger partial charge in [-0.3, -0.25) is 14.6 Å². The molecule has 0 spiro atoms. The number of carbonyl (C=O) groups is 1. The largest absolute Gasteiger partial charge is 0.465 e. The second kappa shape index (κ2) is 8.72. The molecule has 6 rings (SSSR count). The molecule has 2 aliphatic heterocycles. The van der Waals surface area contributed by atoms with E-state index in [9.17, 15) is 14.7 Å². The molecule has 2 aliphatic rings. The fourth-order valence-electron chi connectivity index (χ4n) is 5.22. The summed E-state index contributed by atoms with van der Waals surface area (Å²) < 4.78 is 1.63. The van der Waals surface area contributed by atoms with Gasteiger partial charge in [0.15, 0.2) is 5.94 Å². The minimum absolute atomic E-state index is 0.188. The van der Waals surface area contributed by atoms with Crippen molar-refractivity contribution >= 4 is 34.3 Å². The van der Waals surface area contributed by atoms with Gasteiger partial charge in [0, 0.05) is 44.3 Å². The van der Waals surface area contributed by atoms with Gasteiger partial charge in [-0.1, -0.05) is 17.3 Å². The molecule has 0 aliphatic carbocycles. The molecule has 1 amide bonds. The Morgan fingerprint density at radius 2 is 1.92 bits per heavy atom. The number of piperidine rings is 1. The SMILES string of the molecule is CN1C(=C=O)N([C@@H]2CCCN(C(=O)O)C2)c2c1cnc1ccc(-c3ccc(-c4cn(C)nn4)nc3)cc21. The molecule has 1 atom stereocenters. The molecule has 1 fully saturated rings. The third kappa shape index (κ3) is 3.76. The van der Waals surface area contributed by atoms with Crippen LogP contribution < -0.4 is 9.80 Å². The summed E-state index contributed by atoms with van der Waals surface area (Å²) in [6.45, 7) is 0.798. The Bertz CT molecular complexity index is 1570. The average Bonchev–Trinajstić information content (AvgIpc) is 3.49. The summed E-state index contributed by atoms with van der Waals surface area (Å²) in [6.07, 6.45) is 5.90. The van der Waals surface area contributed by atoms with Crippen LogP contribution in [0.5, 0.6) is 0 Å². The van der Waals surface area contributed by atoms with Gasteiger partial charge < -0.3 is 19.8 Å². The van der Waals surface area contributed by atoms with E-state index in [0.29, 0.717) is 24.6 Å². The van der Waals surface area contributed by atoms with Crippen molar-refractivity contribution in [2.75, 3.05) is 29.9 Å². The molecule has 0 unspecified atom stereocenters. The molecular weight excluding hydrogens is 472 g/mol. The van der Waals surface area contributed by atoms with Crippen LogP contribution in [0.2, 0.25) is 0 Å². The summed E-state index contributed by atoms with van der Waals surface area (Å²) in [4.78, 5) is 38.2. The molecule has 1 N–H and O–H groups in total. The number of likely N-dealkylation sites (tertiary alicyclic amines) is 1. The van der Waals surface area contributed by atoms with Gasteiger partial charge in [-0.05, 0) is 36.6 Å². The molecule has 11 heteroatoms. The Morgan fingerprint density at radius 3 is 2.62 bits per heavy atom. The topological polar surface area (TPSA) is 121 Å². The van der Waals surface area contributed by atoms with Crippen LogP contribution in [0.3, 0.4) is 0 Å². The summed E-state index contributed by atoms with van der Waals surface area (Å²) >= 11 is 0. The molecule has 37 heavy (non-hydrogen) atoms. The van der Waals surface area contributed by atoms with Crippen LogP contribution in [-0.4, -0.2) is 73.2 Å².